The van der Waals surface area contributed by atoms with Gasteiger partial charge >= 0.3 is 0 Å². The minimum absolute atomic E-state index is 0.0602. The fraction of sp³-hybridized carbons (Fsp3) is 0.211. The summed E-state index contributed by atoms with van der Waals surface area (Å²) in [4.78, 5) is 23.7. The lowest BCUT2D eigenvalue weighted by Crippen LogP contribution is -2.19. The Labute approximate surface area is 141 Å². The summed E-state index contributed by atoms with van der Waals surface area (Å²) in [5, 5.41) is 6.76. The van der Waals surface area contributed by atoms with Gasteiger partial charge in [-0.3, -0.25) is 9.59 Å². The zero-order chi connectivity index (χ0) is 17.5. The molecule has 0 aliphatic heterocycles. The maximum atomic E-state index is 12.0. The second-order valence-electron chi connectivity index (χ2n) is 5.78. The first kappa shape index (κ1) is 17.4. The van der Waals surface area contributed by atoms with Crippen molar-refractivity contribution in [2.75, 3.05) is 5.32 Å². The third-order valence-electron chi connectivity index (χ3n) is 3.50. The number of anilines is 1. The van der Waals surface area contributed by atoms with Crippen molar-refractivity contribution in [2.24, 2.45) is 11.0 Å². The number of carbonyl (C=O) groups is 2. The lowest BCUT2D eigenvalue weighted by Gasteiger charge is -2.08. The Balaban J connectivity index is 1.95. The fourth-order valence-corrected chi connectivity index (χ4v) is 1.95. The Morgan fingerprint density at radius 3 is 2.33 bits per heavy atom. The Morgan fingerprint density at radius 2 is 1.71 bits per heavy atom. The van der Waals surface area contributed by atoms with Gasteiger partial charge in [0.15, 0.2) is 0 Å². The van der Waals surface area contributed by atoms with Crippen LogP contribution in [0.2, 0.25) is 0 Å². The summed E-state index contributed by atoms with van der Waals surface area (Å²) in [5.74, 6) is -0.458. The predicted molar refractivity (Wildman–Crippen MR) is 96.1 cm³/mol. The lowest BCUT2D eigenvalue weighted by atomic mass is 10.1. The van der Waals surface area contributed by atoms with Gasteiger partial charge in [-0.1, -0.05) is 38.1 Å². The lowest BCUT2D eigenvalue weighted by molar-refractivity contribution is -0.118. The van der Waals surface area contributed by atoms with Gasteiger partial charge in [-0.15, -0.1) is 0 Å². The number of amides is 2. The maximum absolute atomic E-state index is 12.0. The molecule has 0 heterocycles. The van der Waals surface area contributed by atoms with E-state index in [9.17, 15) is 9.59 Å². The number of rotatable bonds is 5. The van der Waals surface area contributed by atoms with Crippen LogP contribution in [0.15, 0.2) is 53.6 Å². The summed E-state index contributed by atoms with van der Waals surface area (Å²) in [5.41, 5.74) is 5.66. The molecule has 2 N–H and O–H groups in total. The zero-order valence-corrected chi connectivity index (χ0v) is 14.0. The van der Waals surface area contributed by atoms with Gasteiger partial charge in [0.05, 0.1) is 6.21 Å². The number of hydrogen-bond donors (Lipinski definition) is 2. The normalized spacial score (nSPS) is 10.8. The standard InChI is InChI=1S/C19H21N3O2/c1-13(2)18(23)21-17-10-8-15(9-11-17)19(24)22-20-12-16-7-5-4-6-14(16)3/h4-13H,1-3H3,(H,21,23)(H,22,24). The molecule has 0 aliphatic carbocycles. The molecule has 5 nitrogen and oxygen atoms in total. The number of hydrogen-bond acceptors (Lipinski definition) is 3. The molecule has 2 amide bonds. The quantitative estimate of drug-likeness (QED) is 0.654. The first-order chi connectivity index (χ1) is 11.5. The largest absolute Gasteiger partial charge is 0.326 e. The second kappa shape index (κ2) is 8.06. The summed E-state index contributed by atoms with van der Waals surface area (Å²) in [6.45, 7) is 5.63. The van der Waals surface area contributed by atoms with Crippen LogP contribution < -0.4 is 10.7 Å². The van der Waals surface area contributed by atoms with Gasteiger partial charge in [-0.05, 0) is 42.3 Å². The van der Waals surface area contributed by atoms with Crippen molar-refractivity contribution in [1.29, 1.82) is 0 Å². The average Bonchev–Trinajstić information content (AvgIpc) is 2.57. The Morgan fingerprint density at radius 1 is 1.04 bits per heavy atom. The van der Waals surface area contributed by atoms with E-state index in [0.717, 1.165) is 11.1 Å². The second-order valence-corrected chi connectivity index (χ2v) is 5.78. The molecule has 0 aliphatic rings. The summed E-state index contributed by atoms with van der Waals surface area (Å²) < 4.78 is 0. The van der Waals surface area contributed by atoms with Crippen molar-refractivity contribution in [3.05, 3.63) is 65.2 Å². The average molecular weight is 323 g/mol. The Kier molecular flexibility index (Phi) is 5.84. The van der Waals surface area contributed by atoms with Crippen molar-refractivity contribution < 1.29 is 9.59 Å². The van der Waals surface area contributed by atoms with Crippen LogP contribution in [0.3, 0.4) is 0 Å². The van der Waals surface area contributed by atoms with Crippen molar-refractivity contribution >= 4 is 23.7 Å². The van der Waals surface area contributed by atoms with E-state index in [0.29, 0.717) is 11.3 Å². The van der Waals surface area contributed by atoms with Crippen LogP contribution in [-0.4, -0.2) is 18.0 Å². The highest BCUT2D eigenvalue weighted by Crippen LogP contribution is 2.11. The molecule has 0 aromatic heterocycles. The number of benzene rings is 2. The van der Waals surface area contributed by atoms with E-state index in [1.54, 1.807) is 30.5 Å². The van der Waals surface area contributed by atoms with E-state index < -0.39 is 0 Å². The summed E-state index contributed by atoms with van der Waals surface area (Å²) in [6, 6.07) is 14.5. The minimum atomic E-state index is -0.304. The summed E-state index contributed by atoms with van der Waals surface area (Å²) in [6.07, 6.45) is 1.62. The van der Waals surface area contributed by atoms with E-state index in [1.807, 2.05) is 45.0 Å². The van der Waals surface area contributed by atoms with Gasteiger partial charge in [0.25, 0.3) is 5.91 Å². The zero-order valence-electron chi connectivity index (χ0n) is 14.0. The van der Waals surface area contributed by atoms with Crippen LogP contribution >= 0.6 is 0 Å². The first-order valence-corrected chi connectivity index (χ1v) is 7.77. The third-order valence-corrected chi connectivity index (χ3v) is 3.50. The minimum Gasteiger partial charge on any atom is -0.326 e. The highest BCUT2D eigenvalue weighted by molar-refractivity contribution is 5.96. The summed E-state index contributed by atoms with van der Waals surface area (Å²) in [7, 11) is 0. The van der Waals surface area contributed by atoms with Crippen LogP contribution in [-0.2, 0) is 4.79 Å². The molecule has 0 saturated heterocycles. The van der Waals surface area contributed by atoms with Crippen LogP contribution in [0.25, 0.3) is 0 Å². The van der Waals surface area contributed by atoms with Crippen LogP contribution in [0.1, 0.15) is 35.3 Å². The van der Waals surface area contributed by atoms with Gasteiger partial charge in [-0.2, -0.15) is 5.10 Å². The number of carbonyl (C=O) groups excluding carboxylic acids is 2. The van der Waals surface area contributed by atoms with Crippen molar-refractivity contribution in [3.8, 4) is 0 Å². The van der Waals surface area contributed by atoms with Crippen LogP contribution in [0.4, 0.5) is 5.69 Å². The predicted octanol–water partition coefficient (Wildman–Crippen LogP) is 3.35. The highest BCUT2D eigenvalue weighted by Gasteiger charge is 2.08. The molecule has 0 radical (unpaired) electrons. The number of nitrogens with zero attached hydrogens (tertiary/aromatic N) is 1. The van der Waals surface area contributed by atoms with Crippen molar-refractivity contribution in [1.82, 2.24) is 5.43 Å². The molecule has 2 aromatic rings. The molecule has 0 spiro atoms. The molecular weight excluding hydrogens is 302 g/mol. The molecule has 0 bridgehead atoms. The van der Waals surface area contributed by atoms with E-state index in [1.165, 1.54) is 0 Å². The molecule has 24 heavy (non-hydrogen) atoms. The highest BCUT2D eigenvalue weighted by atomic mass is 16.2. The topological polar surface area (TPSA) is 70.6 Å². The van der Waals surface area contributed by atoms with E-state index >= 15 is 0 Å². The molecule has 5 heteroatoms. The third kappa shape index (κ3) is 4.78. The molecular formula is C19H21N3O2. The van der Waals surface area contributed by atoms with Gasteiger partial charge in [0, 0.05) is 17.2 Å². The molecule has 124 valence electrons. The number of nitrogens with one attached hydrogen (secondary N) is 2. The molecule has 2 rings (SSSR count). The molecule has 0 saturated carbocycles. The van der Waals surface area contributed by atoms with Crippen molar-refractivity contribution in [2.45, 2.75) is 20.8 Å². The molecule has 0 unspecified atom stereocenters. The van der Waals surface area contributed by atoms with E-state index in [4.69, 9.17) is 0 Å². The monoisotopic (exact) mass is 323 g/mol. The fourth-order valence-electron chi connectivity index (χ4n) is 1.95. The molecule has 0 fully saturated rings. The number of hydrazone groups is 1. The van der Waals surface area contributed by atoms with Gasteiger partial charge < -0.3 is 5.32 Å². The Hall–Kier alpha value is -2.95. The first-order valence-electron chi connectivity index (χ1n) is 7.77. The Bertz CT molecular complexity index is 749. The van der Waals surface area contributed by atoms with Gasteiger partial charge in [0.2, 0.25) is 5.91 Å². The number of aryl methyl sites for hydroxylation is 1. The SMILES string of the molecule is Cc1ccccc1C=NNC(=O)c1ccc(NC(=O)C(C)C)cc1. The van der Waals surface area contributed by atoms with E-state index in [2.05, 4.69) is 15.8 Å². The van der Waals surface area contributed by atoms with Crippen molar-refractivity contribution in [3.63, 3.8) is 0 Å². The van der Waals surface area contributed by atoms with E-state index in [-0.39, 0.29) is 17.7 Å². The molecule has 0 atom stereocenters. The van der Waals surface area contributed by atoms with Gasteiger partial charge in [-0.25, -0.2) is 5.43 Å². The molecule has 2 aromatic carbocycles. The maximum Gasteiger partial charge on any atom is 0.271 e. The van der Waals surface area contributed by atoms with Crippen LogP contribution in [0, 0.1) is 12.8 Å². The van der Waals surface area contributed by atoms with Gasteiger partial charge in [0.1, 0.15) is 0 Å². The summed E-state index contributed by atoms with van der Waals surface area (Å²) >= 11 is 0. The van der Waals surface area contributed by atoms with Crippen LogP contribution in [0.5, 0.6) is 0 Å². The smallest absolute Gasteiger partial charge is 0.271 e.